The summed E-state index contributed by atoms with van der Waals surface area (Å²) in [5.41, 5.74) is 0.246. The first-order valence-corrected chi connectivity index (χ1v) is 10.5. The number of amides is 1. The monoisotopic (exact) mass is 482 g/mol. The first kappa shape index (κ1) is 23.6. The van der Waals surface area contributed by atoms with Gasteiger partial charge in [-0.25, -0.2) is 9.78 Å². The lowest BCUT2D eigenvalue weighted by atomic mass is 10.1. The van der Waals surface area contributed by atoms with Crippen molar-refractivity contribution >= 4 is 17.9 Å². The fourth-order valence-electron chi connectivity index (χ4n) is 3.21. The van der Waals surface area contributed by atoms with Gasteiger partial charge in [0, 0.05) is 24.8 Å². The van der Waals surface area contributed by atoms with E-state index in [4.69, 9.17) is 28.8 Å². The molecule has 2 aromatic carbocycles. The Kier molecular flexibility index (Phi) is 7.17. The average molecular weight is 482 g/mol. The fraction of sp³-hybridized carbons (Fsp3) is 0.208. The molecule has 11 nitrogen and oxygen atoms in total. The number of nitrogens with zero attached hydrogens (tertiary/aromatic N) is 1. The van der Waals surface area contributed by atoms with Gasteiger partial charge < -0.3 is 38.8 Å². The van der Waals surface area contributed by atoms with Crippen molar-refractivity contribution in [3.8, 4) is 34.5 Å². The van der Waals surface area contributed by atoms with Crippen molar-refractivity contribution < 1.29 is 43.1 Å². The van der Waals surface area contributed by atoms with Gasteiger partial charge in [-0.05, 0) is 43.3 Å². The SMILES string of the molecule is COC[C@H](C)Oc1cc(Oc2ccc3c(c2)OCO3)cc(C(=O)Nc2ccc(OC(=O)O)cn2)c1. The number of ether oxygens (including phenoxy) is 6. The molecule has 0 bridgehead atoms. The van der Waals surface area contributed by atoms with E-state index in [0.717, 1.165) is 0 Å². The molecule has 1 amide bonds. The largest absolute Gasteiger partial charge is 0.511 e. The van der Waals surface area contributed by atoms with Crippen LogP contribution in [0.5, 0.6) is 34.5 Å². The maximum atomic E-state index is 12.9. The molecule has 2 N–H and O–H groups in total. The zero-order valence-electron chi connectivity index (χ0n) is 18.8. The normalized spacial score (nSPS) is 12.5. The third-order valence-electron chi connectivity index (χ3n) is 4.64. The number of aromatic nitrogens is 1. The van der Waals surface area contributed by atoms with Crippen molar-refractivity contribution in [1.29, 1.82) is 0 Å². The first-order valence-electron chi connectivity index (χ1n) is 10.5. The van der Waals surface area contributed by atoms with Crippen molar-refractivity contribution in [3.05, 3.63) is 60.3 Å². The van der Waals surface area contributed by atoms with Crippen LogP contribution in [0.2, 0.25) is 0 Å². The Morgan fingerprint density at radius 1 is 1.03 bits per heavy atom. The van der Waals surface area contributed by atoms with E-state index in [1.807, 2.05) is 6.92 Å². The van der Waals surface area contributed by atoms with Gasteiger partial charge in [0.1, 0.15) is 29.2 Å². The van der Waals surface area contributed by atoms with E-state index >= 15 is 0 Å². The number of hydrogen-bond acceptors (Lipinski definition) is 9. The van der Waals surface area contributed by atoms with Crippen LogP contribution in [0.3, 0.4) is 0 Å². The molecule has 0 saturated carbocycles. The maximum Gasteiger partial charge on any atom is 0.511 e. The molecule has 0 aliphatic carbocycles. The van der Waals surface area contributed by atoms with E-state index in [1.165, 1.54) is 18.3 Å². The molecule has 1 atom stereocenters. The lowest BCUT2D eigenvalue weighted by molar-refractivity contribution is 0.0915. The summed E-state index contributed by atoms with van der Waals surface area (Å²) in [4.78, 5) is 27.6. The predicted octanol–water partition coefficient (Wildman–Crippen LogP) is 4.33. The molecule has 35 heavy (non-hydrogen) atoms. The van der Waals surface area contributed by atoms with Crippen LogP contribution in [-0.2, 0) is 4.74 Å². The molecule has 1 aliphatic heterocycles. The smallest absolute Gasteiger partial charge is 0.488 e. The second-order valence-electron chi connectivity index (χ2n) is 7.40. The molecule has 0 radical (unpaired) electrons. The van der Waals surface area contributed by atoms with E-state index in [0.29, 0.717) is 35.4 Å². The summed E-state index contributed by atoms with van der Waals surface area (Å²) in [6.45, 7) is 2.32. The van der Waals surface area contributed by atoms with Crippen molar-refractivity contribution in [3.63, 3.8) is 0 Å². The number of pyridine rings is 1. The molecule has 2 heterocycles. The quantitative estimate of drug-likeness (QED) is 0.424. The summed E-state index contributed by atoms with van der Waals surface area (Å²) in [7, 11) is 1.57. The Hall–Kier alpha value is -4.51. The Labute approximate surface area is 200 Å². The first-order chi connectivity index (χ1) is 16.9. The highest BCUT2D eigenvalue weighted by Crippen LogP contribution is 2.37. The third-order valence-corrected chi connectivity index (χ3v) is 4.64. The van der Waals surface area contributed by atoms with Crippen LogP contribution in [0.4, 0.5) is 10.6 Å². The van der Waals surface area contributed by atoms with Crippen LogP contribution in [0.1, 0.15) is 17.3 Å². The number of fused-ring (bicyclic) bond motifs is 1. The van der Waals surface area contributed by atoms with Crippen LogP contribution in [0.25, 0.3) is 0 Å². The van der Waals surface area contributed by atoms with Gasteiger partial charge in [0.05, 0.1) is 12.8 Å². The molecule has 1 aliphatic rings. The Morgan fingerprint density at radius 2 is 1.80 bits per heavy atom. The van der Waals surface area contributed by atoms with Gasteiger partial charge in [0.15, 0.2) is 17.2 Å². The Morgan fingerprint density at radius 3 is 2.54 bits per heavy atom. The van der Waals surface area contributed by atoms with Crippen molar-refractivity contribution in [1.82, 2.24) is 4.98 Å². The number of carbonyl (C=O) groups excluding carboxylic acids is 1. The summed E-state index contributed by atoms with van der Waals surface area (Å²) in [6, 6.07) is 12.7. The van der Waals surface area contributed by atoms with E-state index in [9.17, 15) is 9.59 Å². The number of nitrogens with one attached hydrogen (secondary N) is 1. The number of carbonyl (C=O) groups is 2. The number of hydrogen-bond donors (Lipinski definition) is 2. The molecule has 1 aromatic heterocycles. The number of rotatable bonds is 9. The molecular formula is C24H22N2O9. The second-order valence-corrected chi connectivity index (χ2v) is 7.40. The molecule has 4 rings (SSSR count). The highest BCUT2D eigenvalue weighted by atomic mass is 16.7. The lowest BCUT2D eigenvalue weighted by Gasteiger charge is -2.16. The summed E-state index contributed by atoms with van der Waals surface area (Å²) in [6.07, 6.45) is -0.553. The van der Waals surface area contributed by atoms with Gasteiger partial charge in [-0.1, -0.05) is 0 Å². The van der Waals surface area contributed by atoms with Gasteiger partial charge in [0.2, 0.25) is 6.79 Å². The van der Waals surface area contributed by atoms with E-state index in [2.05, 4.69) is 15.0 Å². The maximum absolute atomic E-state index is 12.9. The second kappa shape index (κ2) is 10.6. The summed E-state index contributed by atoms with van der Waals surface area (Å²) in [5, 5.41) is 11.3. The minimum Gasteiger partial charge on any atom is -0.488 e. The molecule has 0 unspecified atom stereocenters. The number of methoxy groups -OCH3 is 1. The van der Waals surface area contributed by atoms with Crippen molar-refractivity contribution in [2.24, 2.45) is 0 Å². The molecule has 3 aromatic rings. The van der Waals surface area contributed by atoms with Crippen LogP contribution in [0.15, 0.2) is 54.7 Å². The van der Waals surface area contributed by atoms with Crippen LogP contribution in [-0.4, -0.2) is 48.8 Å². The fourth-order valence-corrected chi connectivity index (χ4v) is 3.21. The van der Waals surface area contributed by atoms with Gasteiger partial charge in [-0.3, -0.25) is 4.79 Å². The highest BCUT2D eigenvalue weighted by Gasteiger charge is 2.17. The molecule has 182 valence electrons. The Balaban J connectivity index is 1.55. The van der Waals surface area contributed by atoms with Gasteiger partial charge in [-0.15, -0.1) is 0 Å². The predicted molar refractivity (Wildman–Crippen MR) is 122 cm³/mol. The lowest BCUT2D eigenvalue weighted by Crippen LogP contribution is -2.18. The van der Waals surface area contributed by atoms with E-state index in [-0.39, 0.29) is 30.0 Å². The number of benzene rings is 2. The topological polar surface area (TPSA) is 135 Å². The molecule has 0 fully saturated rings. The van der Waals surface area contributed by atoms with Crippen LogP contribution < -0.4 is 29.0 Å². The minimum atomic E-state index is -1.46. The third kappa shape index (κ3) is 6.30. The van der Waals surface area contributed by atoms with E-state index < -0.39 is 12.1 Å². The summed E-state index contributed by atoms with van der Waals surface area (Å²) >= 11 is 0. The zero-order valence-corrected chi connectivity index (χ0v) is 18.8. The Bertz CT molecular complexity index is 1210. The number of anilines is 1. The summed E-state index contributed by atoms with van der Waals surface area (Å²) in [5.74, 6) is 2.16. The average Bonchev–Trinajstić information content (AvgIpc) is 3.28. The standard InChI is InChI=1S/C24H22N2O9/c1-14(12-30-2)33-18-7-15(23(27)26-22-6-4-17(11-25-22)35-24(28)29)8-19(9-18)34-16-3-5-20-21(10-16)32-13-31-20/h3-11,14H,12-13H2,1-2H3,(H,28,29)(H,25,26,27)/t14-/m0/s1. The van der Waals surface area contributed by atoms with Crippen molar-refractivity contribution in [2.45, 2.75) is 13.0 Å². The van der Waals surface area contributed by atoms with Gasteiger partial charge in [-0.2, -0.15) is 0 Å². The highest BCUT2D eigenvalue weighted by molar-refractivity contribution is 6.04. The van der Waals surface area contributed by atoms with Gasteiger partial charge >= 0.3 is 6.16 Å². The van der Waals surface area contributed by atoms with Crippen molar-refractivity contribution in [2.75, 3.05) is 25.8 Å². The molecular weight excluding hydrogens is 460 g/mol. The van der Waals surface area contributed by atoms with E-state index in [1.54, 1.807) is 43.5 Å². The molecule has 11 heteroatoms. The summed E-state index contributed by atoms with van der Waals surface area (Å²) < 4.78 is 32.2. The zero-order chi connectivity index (χ0) is 24.8. The number of carboxylic acid groups (broad SMARTS) is 1. The molecule has 0 saturated heterocycles. The van der Waals surface area contributed by atoms with Crippen LogP contribution >= 0.6 is 0 Å². The molecule has 0 spiro atoms. The van der Waals surface area contributed by atoms with Gasteiger partial charge in [0.25, 0.3) is 5.91 Å². The van der Waals surface area contributed by atoms with Crippen LogP contribution in [0, 0.1) is 0 Å². The minimum absolute atomic E-state index is 0.0254.